The van der Waals surface area contributed by atoms with Gasteiger partial charge in [0, 0.05) is 35.9 Å². The maximum Gasteiger partial charge on any atom is 0.247 e. The van der Waals surface area contributed by atoms with E-state index >= 15 is 0 Å². The van der Waals surface area contributed by atoms with Crippen LogP contribution in [0.25, 0.3) is 43.8 Å². The van der Waals surface area contributed by atoms with Gasteiger partial charge in [-0.3, -0.25) is 4.99 Å². The van der Waals surface area contributed by atoms with Crippen LogP contribution < -0.4 is 0 Å². The van der Waals surface area contributed by atoms with Crippen molar-refractivity contribution in [1.29, 1.82) is 0 Å². The SMILES string of the molecule is c1ccc2oc(C3=C(c4nc5ccccc5o4)N=C(c4cccc5onnc45)S3(C3=NCCC3)N3CCOCC3)cc2c1. The molecule has 6 aromatic rings. The largest absolute Gasteiger partial charge is 0.455 e. The Morgan fingerprint density at radius 2 is 1.67 bits per heavy atom. The fourth-order valence-corrected chi connectivity index (χ4v) is 10.7. The van der Waals surface area contributed by atoms with Crippen LogP contribution in [0.15, 0.2) is 96.1 Å². The molecule has 0 aliphatic carbocycles. The molecule has 0 radical (unpaired) electrons. The Labute approximate surface area is 247 Å². The minimum absolute atomic E-state index is 0.445. The van der Waals surface area contributed by atoms with Gasteiger partial charge >= 0.3 is 0 Å². The van der Waals surface area contributed by atoms with Crippen molar-refractivity contribution in [1.82, 2.24) is 19.7 Å². The second-order valence-corrected chi connectivity index (χ2v) is 13.6. The van der Waals surface area contributed by atoms with Crippen LogP contribution in [0.4, 0.5) is 0 Å². The standard InChI is InChI=1S/C32H26N6O4S/c1-3-10-23-20(7-1)19-26(40-23)30-29(31-34-22-9-2-4-11-24(22)41-31)35-32(21-8-5-12-25-28(21)36-37-42-25)43(30,27-13-6-14-33-27)38-15-17-39-18-16-38/h1-5,7-12,19H,6,13-18H2. The zero-order chi connectivity index (χ0) is 28.4. The van der Waals surface area contributed by atoms with Gasteiger partial charge in [0.1, 0.15) is 33.1 Å². The highest BCUT2D eigenvalue weighted by molar-refractivity contribution is 8.61. The summed E-state index contributed by atoms with van der Waals surface area (Å²) in [5.41, 5.74) is 5.04. The molecule has 3 aliphatic rings. The van der Waals surface area contributed by atoms with Gasteiger partial charge < -0.3 is 18.1 Å². The summed E-state index contributed by atoms with van der Waals surface area (Å²) in [5, 5.41) is 11.3. The number of oxazole rings is 1. The summed E-state index contributed by atoms with van der Waals surface area (Å²) >= 11 is 0. The van der Waals surface area contributed by atoms with E-state index in [0.29, 0.717) is 54.6 Å². The van der Waals surface area contributed by atoms with E-state index in [0.717, 1.165) is 62.2 Å². The van der Waals surface area contributed by atoms with Crippen LogP contribution >= 0.6 is 10.2 Å². The second kappa shape index (κ2) is 9.73. The minimum Gasteiger partial charge on any atom is -0.455 e. The van der Waals surface area contributed by atoms with Gasteiger partial charge in [-0.15, -0.1) is 5.10 Å². The zero-order valence-electron chi connectivity index (χ0n) is 23.1. The van der Waals surface area contributed by atoms with Crippen LogP contribution in [0, 0.1) is 0 Å². The Morgan fingerprint density at radius 1 is 0.837 bits per heavy atom. The van der Waals surface area contributed by atoms with Crippen molar-refractivity contribution in [2.75, 3.05) is 32.8 Å². The number of hydrogen-bond donors (Lipinski definition) is 0. The number of furan rings is 1. The zero-order valence-corrected chi connectivity index (χ0v) is 23.9. The van der Waals surface area contributed by atoms with Crippen molar-refractivity contribution in [3.8, 4) is 0 Å². The summed E-state index contributed by atoms with van der Waals surface area (Å²) in [6.45, 7) is 3.41. The lowest BCUT2D eigenvalue weighted by Gasteiger charge is -2.49. The number of aliphatic imine (C=N–C) groups is 2. The number of fused-ring (bicyclic) bond motifs is 3. The van der Waals surface area contributed by atoms with Crippen LogP contribution in [-0.2, 0) is 4.74 Å². The van der Waals surface area contributed by atoms with Gasteiger partial charge in [-0.2, -0.15) is 0 Å². The molecule has 11 heteroatoms. The Bertz CT molecular complexity index is 2070. The van der Waals surface area contributed by atoms with Crippen LogP contribution in [0.1, 0.15) is 30.1 Å². The number of benzene rings is 3. The maximum absolute atomic E-state index is 6.70. The molecule has 0 N–H and O–H groups in total. The van der Waals surface area contributed by atoms with Crippen molar-refractivity contribution in [3.05, 3.63) is 90.0 Å². The molecular formula is C32H26N6O4S. The van der Waals surface area contributed by atoms with Crippen molar-refractivity contribution >= 4 is 64.1 Å². The van der Waals surface area contributed by atoms with E-state index in [2.05, 4.69) is 26.8 Å². The number of rotatable bonds is 4. The number of ether oxygens (including phenoxy) is 1. The van der Waals surface area contributed by atoms with Gasteiger partial charge in [0.15, 0.2) is 11.2 Å². The van der Waals surface area contributed by atoms with Crippen molar-refractivity contribution < 1.29 is 18.1 Å². The van der Waals surface area contributed by atoms with Gasteiger partial charge in [0.05, 0.1) is 23.2 Å². The fraction of sp³-hybridized carbons (Fsp3) is 0.219. The first-order chi connectivity index (χ1) is 21.3. The summed E-state index contributed by atoms with van der Waals surface area (Å²) in [6, 6.07) is 23.9. The Morgan fingerprint density at radius 3 is 2.51 bits per heavy atom. The van der Waals surface area contributed by atoms with Crippen molar-refractivity contribution in [2.45, 2.75) is 12.8 Å². The quantitative estimate of drug-likeness (QED) is 0.224. The summed E-state index contributed by atoms with van der Waals surface area (Å²) in [4.78, 5) is 16.6. The Kier molecular flexibility index (Phi) is 5.65. The van der Waals surface area contributed by atoms with E-state index in [9.17, 15) is 0 Å². The molecule has 1 saturated heterocycles. The van der Waals surface area contributed by atoms with Crippen molar-refractivity contribution in [2.24, 2.45) is 9.98 Å². The number of hydrogen-bond acceptors (Lipinski definition) is 10. The van der Waals surface area contributed by atoms with Gasteiger partial charge in [-0.25, -0.2) is 14.3 Å². The molecule has 1 atom stereocenters. The van der Waals surface area contributed by atoms with E-state index in [-0.39, 0.29) is 0 Å². The van der Waals surface area contributed by atoms with Crippen LogP contribution in [0.3, 0.4) is 0 Å². The number of nitrogens with zero attached hydrogens (tertiary/aromatic N) is 6. The highest BCUT2D eigenvalue weighted by atomic mass is 32.3. The average molecular weight is 591 g/mol. The van der Waals surface area contributed by atoms with Gasteiger partial charge in [0.25, 0.3) is 0 Å². The lowest BCUT2D eigenvalue weighted by Crippen LogP contribution is -2.43. The predicted molar refractivity (Wildman–Crippen MR) is 167 cm³/mol. The molecular weight excluding hydrogens is 564 g/mol. The highest BCUT2D eigenvalue weighted by Crippen LogP contribution is 2.72. The van der Waals surface area contributed by atoms with Crippen LogP contribution in [0.5, 0.6) is 0 Å². The van der Waals surface area contributed by atoms with Crippen molar-refractivity contribution in [3.63, 3.8) is 0 Å². The smallest absolute Gasteiger partial charge is 0.247 e. The van der Waals surface area contributed by atoms with E-state index in [1.165, 1.54) is 0 Å². The molecule has 3 aromatic carbocycles. The summed E-state index contributed by atoms with van der Waals surface area (Å²) in [6.07, 6.45) is 1.83. The third-order valence-electron chi connectivity index (χ3n) is 8.19. The monoisotopic (exact) mass is 590 g/mol. The first-order valence-electron chi connectivity index (χ1n) is 14.4. The lowest BCUT2D eigenvalue weighted by molar-refractivity contribution is 0.0768. The number of aromatic nitrogens is 3. The molecule has 3 aromatic heterocycles. The topological polar surface area (TPSA) is 115 Å². The summed E-state index contributed by atoms with van der Waals surface area (Å²) < 4.78 is 27.1. The van der Waals surface area contributed by atoms with Crippen LogP contribution in [-0.4, -0.2) is 62.6 Å². The van der Waals surface area contributed by atoms with E-state index in [4.69, 9.17) is 33.1 Å². The molecule has 9 rings (SSSR count). The normalized spacial score (nSPS) is 22.9. The predicted octanol–water partition coefficient (Wildman–Crippen LogP) is 6.64. The lowest BCUT2D eigenvalue weighted by atomic mass is 10.2. The molecule has 0 amide bonds. The fourth-order valence-electron chi connectivity index (χ4n) is 6.33. The molecule has 6 heterocycles. The van der Waals surface area contributed by atoms with Gasteiger partial charge in [-0.1, -0.05) is 46.6 Å². The van der Waals surface area contributed by atoms with Crippen LogP contribution in [0.2, 0.25) is 0 Å². The number of morpholine rings is 1. The van der Waals surface area contributed by atoms with E-state index < -0.39 is 10.2 Å². The highest BCUT2D eigenvalue weighted by Gasteiger charge is 2.53. The second-order valence-electron chi connectivity index (χ2n) is 10.7. The molecule has 1 fully saturated rings. The van der Waals surface area contributed by atoms with E-state index in [1.807, 2.05) is 60.7 Å². The molecule has 214 valence electrons. The minimum atomic E-state index is -2.25. The molecule has 0 saturated carbocycles. The molecule has 0 spiro atoms. The number of para-hydroxylation sites is 3. The molecule has 1 unspecified atom stereocenters. The third kappa shape index (κ3) is 3.71. The summed E-state index contributed by atoms with van der Waals surface area (Å²) in [7, 11) is -2.25. The Balaban J connectivity index is 1.42. The molecule has 10 nitrogen and oxygen atoms in total. The van der Waals surface area contributed by atoms with Gasteiger partial charge in [-0.05, 0) is 49.2 Å². The summed E-state index contributed by atoms with van der Waals surface area (Å²) in [5.74, 6) is 1.18. The average Bonchev–Trinajstić information content (AvgIpc) is 3.88. The molecule has 0 bridgehead atoms. The van der Waals surface area contributed by atoms with Gasteiger partial charge in [0.2, 0.25) is 5.89 Å². The Hall–Kier alpha value is -4.58. The third-order valence-corrected chi connectivity index (χ3v) is 12.2. The maximum atomic E-state index is 6.70. The molecule has 43 heavy (non-hydrogen) atoms. The first-order valence-corrected chi connectivity index (χ1v) is 16.0. The van der Waals surface area contributed by atoms with E-state index in [1.54, 1.807) is 0 Å². The molecule has 3 aliphatic heterocycles. The first kappa shape index (κ1) is 25.0.